The first-order valence-electron chi connectivity index (χ1n) is 15.2. The van der Waals surface area contributed by atoms with Gasteiger partial charge in [0.25, 0.3) is 0 Å². The van der Waals surface area contributed by atoms with E-state index in [1.807, 2.05) is 49.4 Å². The summed E-state index contributed by atoms with van der Waals surface area (Å²) in [6, 6.07) is 5.71. The number of fused-ring (bicyclic) bond motifs is 1. The fourth-order valence-electron chi connectivity index (χ4n) is 5.96. The summed E-state index contributed by atoms with van der Waals surface area (Å²) in [6.07, 6.45) is 10.7. The minimum atomic E-state index is -0.560. The van der Waals surface area contributed by atoms with Crippen LogP contribution in [0.5, 0.6) is 5.75 Å². The van der Waals surface area contributed by atoms with E-state index in [4.69, 9.17) is 19.3 Å². The number of allylic oxidation sites excluding steroid dienone is 1. The van der Waals surface area contributed by atoms with E-state index in [0.717, 1.165) is 36.1 Å². The number of hydrogen-bond acceptors (Lipinski definition) is 6. The van der Waals surface area contributed by atoms with Crippen LogP contribution >= 0.6 is 0 Å². The van der Waals surface area contributed by atoms with Gasteiger partial charge in [-0.25, -0.2) is 4.79 Å². The molecule has 2 N–H and O–H groups in total. The zero-order valence-corrected chi connectivity index (χ0v) is 26.5. The van der Waals surface area contributed by atoms with Crippen LogP contribution in [-0.4, -0.2) is 48.2 Å². The van der Waals surface area contributed by atoms with Gasteiger partial charge in [-0.3, -0.25) is 0 Å². The minimum Gasteiger partial charge on any atom is -0.493 e. The highest BCUT2D eigenvalue weighted by molar-refractivity contribution is 6.17. The molecule has 0 saturated heterocycles. The van der Waals surface area contributed by atoms with E-state index in [1.54, 1.807) is 0 Å². The number of rotatable bonds is 13. The van der Waals surface area contributed by atoms with Crippen molar-refractivity contribution in [1.82, 2.24) is 0 Å². The molecular formula is C35H52O6. The quantitative estimate of drug-likeness (QED) is 0.196. The Balaban J connectivity index is 1.58. The number of benzene rings is 1. The van der Waals surface area contributed by atoms with Gasteiger partial charge in [-0.1, -0.05) is 80.0 Å². The Morgan fingerprint density at radius 3 is 2.34 bits per heavy atom. The second-order valence-electron chi connectivity index (χ2n) is 13.7. The minimum absolute atomic E-state index is 0.0855. The van der Waals surface area contributed by atoms with E-state index in [9.17, 15) is 9.90 Å². The summed E-state index contributed by atoms with van der Waals surface area (Å²) in [7, 11) is 0. The maximum atomic E-state index is 13.0. The predicted octanol–water partition coefficient (Wildman–Crippen LogP) is 7.04. The Hall–Kier alpha value is -2.57. The van der Waals surface area contributed by atoms with E-state index in [2.05, 4.69) is 48.5 Å². The van der Waals surface area contributed by atoms with E-state index in [1.165, 1.54) is 0 Å². The Kier molecular flexibility index (Phi) is 10.9. The molecule has 0 fully saturated rings. The fraction of sp³-hybridized carbons (Fsp3) is 0.629. The zero-order chi connectivity index (χ0) is 30.4. The van der Waals surface area contributed by atoms with Gasteiger partial charge in [-0.05, 0) is 70.9 Å². The van der Waals surface area contributed by atoms with Crippen LogP contribution < -0.4 is 4.74 Å². The first-order valence-corrected chi connectivity index (χ1v) is 15.2. The highest BCUT2D eigenvalue weighted by atomic mass is 16.5. The molecule has 3 atom stereocenters. The van der Waals surface area contributed by atoms with Gasteiger partial charge in [0.05, 0.1) is 18.3 Å². The fourth-order valence-corrected chi connectivity index (χ4v) is 5.96. The highest BCUT2D eigenvalue weighted by Gasteiger charge is 2.45. The molecule has 1 aliphatic carbocycles. The Labute approximate surface area is 247 Å². The maximum absolute atomic E-state index is 13.0. The van der Waals surface area contributed by atoms with E-state index in [0.29, 0.717) is 30.8 Å². The summed E-state index contributed by atoms with van der Waals surface area (Å²) in [5, 5.41) is 19.6. The smallest absolute Gasteiger partial charge is 0.339 e. The summed E-state index contributed by atoms with van der Waals surface area (Å²) in [5.41, 5.74) is 2.86. The van der Waals surface area contributed by atoms with Crippen molar-refractivity contribution < 1.29 is 29.2 Å². The maximum Gasteiger partial charge on any atom is 0.339 e. The number of hydrogen-bond donors (Lipinski definition) is 2. The first-order chi connectivity index (χ1) is 19.2. The molecule has 3 unspecified atom stereocenters. The molecule has 0 aromatic heterocycles. The number of carbonyl (C=O) groups excluding carboxylic acids is 1. The second-order valence-corrected chi connectivity index (χ2v) is 13.7. The van der Waals surface area contributed by atoms with Gasteiger partial charge in [-0.15, -0.1) is 0 Å². The molecule has 2 aliphatic rings. The molecule has 41 heavy (non-hydrogen) atoms. The SMILES string of the molecule is CCc1cc(OCCCO)ccc1C1=CC2C=CC(OCC(O)CCCC(C)(C(C)(C)C)C(C)(C)C)=CC2OC1=O. The molecule has 1 aromatic rings. The lowest BCUT2D eigenvalue weighted by Gasteiger charge is -2.52. The average Bonchev–Trinajstić information content (AvgIpc) is 2.90. The highest BCUT2D eigenvalue weighted by Crippen LogP contribution is 2.54. The first kappa shape index (κ1) is 32.9. The van der Waals surface area contributed by atoms with Crippen LogP contribution in [0.4, 0.5) is 0 Å². The molecular weight excluding hydrogens is 516 g/mol. The van der Waals surface area contributed by atoms with Gasteiger partial charge in [0.1, 0.15) is 24.2 Å². The zero-order valence-electron chi connectivity index (χ0n) is 26.5. The molecule has 0 radical (unpaired) electrons. The lowest BCUT2D eigenvalue weighted by atomic mass is 9.53. The van der Waals surface area contributed by atoms with Crippen molar-refractivity contribution in [3.63, 3.8) is 0 Å². The molecule has 0 saturated carbocycles. The Bertz CT molecular complexity index is 1120. The number of aryl methyl sites for hydroxylation is 1. The molecule has 1 heterocycles. The standard InChI is InChI=1S/C35H52O6/c1-9-24-20-27(39-19-11-18-36)15-16-29(24)30-21-25-13-14-28(22-31(25)41-32(30)38)40-23-26(37)12-10-17-35(8,33(2,3)4)34(5,6)7/h13-16,20-22,25-26,31,36-37H,9-12,17-19,23H2,1-8H3. The lowest BCUT2D eigenvalue weighted by molar-refractivity contribution is -0.141. The van der Waals surface area contributed by atoms with Crippen LogP contribution in [0, 0.1) is 22.2 Å². The third-order valence-electron chi connectivity index (χ3n) is 9.30. The van der Waals surface area contributed by atoms with Crippen molar-refractivity contribution in [3.8, 4) is 5.75 Å². The van der Waals surface area contributed by atoms with Crippen LogP contribution in [0.2, 0.25) is 0 Å². The van der Waals surface area contributed by atoms with Crippen LogP contribution in [0.3, 0.4) is 0 Å². The second kappa shape index (κ2) is 13.6. The van der Waals surface area contributed by atoms with E-state index < -0.39 is 12.2 Å². The van der Waals surface area contributed by atoms with Crippen LogP contribution in [-0.2, 0) is 20.7 Å². The van der Waals surface area contributed by atoms with Crippen molar-refractivity contribution in [2.24, 2.45) is 22.2 Å². The Morgan fingerprint density at radius 2 is 1.71 bits per heavy atom. The predicted molar refractivity (Wildman–Crippen MR) is 164 cm³/mol. The average molecular weight is 569 g/mol. The van der Waals surface area contributed by atoms with Crippen molar-refractivity contribution in [1.29, 1.82) is 0 Å². The number of carbonyl (C=O) groups is 1. The number of aliphatic hydroxyl groups is 2. The van der Waals surface area contributed by atoms with Crippen LogP contribution in [0.15, 0.2) is 48.3 Å². The van der Waals surface area contributed by atoms with Crippen molar-refractivity contribution >= 4 is 11.5 Å². The molecule has 6 heteroatoms. The lowest BCUT2D eigenvalue weighted by Crippen LogP contribution is -2.44. The molecule has 228 valence electrons. The van der Waals surface area contributed by atoms with Crippen molar-refractivity contribution in [3.05, 3.63) is 59.4 Å². The van der Waals surface area contributed by atoms with Gasteiger partial charge in [0.2, 0.25) is 0 Å². The molecule has 0 bridgehead atoms. The molecule has 1 aliphatic heterocycles. The van der Waals surface area contributed by atoms with Crippen LogP contribution in [0.25, 0.3) is 5.57 Å². The Morgan fingerprint density at radius 1 is 1.00 bits per heavy atom. The normalized spacial score (nSPS) is 20.1. The summed E-state index contributed by atoms with van der Waals surface area (Å²) < 4.78 is 17.5. The summed E-state index contributed by atoms with van der Waals surface area (Å²) in [4.78, 5) is 13.0. The third kappa shape index (κ3) is 8.04. The van der Waals surface area contributed by atoms with Gasteiger partial charge in [0, 0.05) is 18.9 Å². The number of esters is 1. The summed E-state index contributed by atoms with van der Waals surface area (Å²) in [5.74, 6) is 0.894. The summed E-state index contributed by atoms with van der Waals surface area (Å²) in [6.45, 7) is 19.0. The topological polar surface area (TPSA) is 85.2 Å². The van der Waals surface area contributed by atoms with Crippen LogP contribution in [0.1, 0.15) is 92.2 Å². The number of ether oxygens (including phenoxy) is 3. The molecule has 6 nitrogen and oxygen atoms in total. The molecule has 0 spiro atoms. The summed E-state index contributed by atoms with van der Waals surface area (Å²) >= 11 is 0. The third-order valence-corrected chi connectivity index (χ3v) is 9.30. The van der Waals surface area contributed by atoms with E-state index in [-0.39, 0.29) is 41.3 Å². The van der Waals surface area contributed by atoms with Gasteiger partial charge in [0.15, 0.2) is 0 Å². The van der Waals surface area contributed by atoms with Gasteiger partial charge in [-0.2, -0.15) is 0 Å². The van der Waals surface area contributed by atoms with Crippen molar-refractivity contribution in [2.75, 3.05) is 19.8 Å². The molecule has 0 amide bonds. The van der Waals surface area contributed by atoms with Gasteiger partial charge < -0.3 is 24.4 Å². The number of aliphatic hydroxyl groups excluding tert-OH is 2. The largest absolute Gasteiger partial charge is 0.493 e. The monoisotopic (exact) mass is 568 g/mol. The molecule has 1 aromatic carbocycles. The molecule has 3 rings (SSSR count). The van der Waals surface area contributed by atoms with E-state index >= 15 is 0 Å². The van der Waals surface area contributed by atoms with Crippen molar-refractivity contribution in [2.45, 2.75) is 99.7 Å². The van der Waals surface area contributed by atoms with Gasteiger partial charge >= 0.3 is 5.97 Å².